The fourth-order valence-electron chi connectivity index (χ4n) is 1.45. The zero-order chi connectivity index (χ0) is 11.5. The van der Waals surface area contributed by atoms with Crippen LogP contribution in [0.3, 0.4) is 0 Å². The summed E-state index contributed by atoms with van der Waals surface area (Å²) in [6.07, 6.45) is 2.22. The molecule has 1 aromatic rings. The number of carbonyl (C=O) groups excluding carboxylic acids is 1. The first kappa shape index (κ1) is 10.8. The van der Waals surface area contributed by atoms with Crippen LogP contribution in [-0.2, 0) is 4.79 Å². The molecule has 1 saturated carbocycles. The number of benzene rings is 1. The predicted molar refractivity (Wildman–Crippen MR) is 65.1 cm³/mol. The van der Waals surface area contributed by atoms with E-state index in [1.54, 1.807) is 0 Å². The SMILES string of the molecule is CC(Nc1ccc(N)cc1)C(=O)NC1CC1. The average Bonchev–Trinajstić information content (AvgIpc) is 3.05. The second-order valence-electron chi connectivity index (χ2n) is 4.27. The highest BCUT2D eigenvalue weighted by molar-refractivity contribution is 5.84. The molecule has 2 rings (SSSR count). The summed E-state index contributed by atoms with van der Waals surface area (Å²) in [6, 6.07) is 7.56. The van der Waals surface area contributed by atoms with Crippen LogP contribution in [0.5, 0.6) is 0 Å². The number of hydrogen-bond donors (Lipinski definition) is 3. The van der Waals surface area contributed by atoms with Crippen LogP contribution < -0.4 is 16.4 Å². The number of nitrogens with one attached hydrogen (secondary N) is 2. The van der Waals surface area contributed by atoms with Crippen molar-refractivity contribution in [2.24, 2.45) is 0 Å². The van der Waals surface area contributed by atoms with Gasteiger partial charge >= 0.3 is 0 Å². The maximum atomic E-state index is 11.7. The van der Waals surface area contributed by atoms with E-state index in [0.717, 1.165) is 24.2 Å². The van der Waals surface area contributed by atoms with Crippen LogP contribution in [-0.4, -0.2) is 18.0 Å². The maximum absolute atomic E-state index is 11.7. The number of anilines is 2. The predicted octanol–water partition coefficient (Wildman–Crippen LogP) is 1.35. The van der Waals surface area contributed by atoms with Gasteiger partial charge < -0.3 is 16.4 Å². The van der Waals surface area contributed by atoms with Crippen LogP contribution in [0.4, 0.5) is 11.4 Å². The molecule has 1 aromatic carbocycles. The summed E-state index contributed by atoms with van der Waals surface area (Å²) in [6.45, 7) is 1.86. The zero-order valence-corrected chi connectivity index (χ0v) is 9.36. The van der Waals surface area contributed by atoms with E-state index >= 15 is 0 Å². The van der Waals surface area contributed by atoms with Crippen molar-refractivity contribution in [1.29, 1.82) is 0 Å². The molecule has 0 radical (unpaired) electrons. The van der Waals surface area contributed by atoms with Crippen molar-refractivity contribution in [3.05, 3.63) is 24.3 Å². The van der Waals surface area contributed by atoms with Gasteiger partial charge in [-0.05, 0) is 44.0 Å². The molecule has 1 atom stereocenters. The van der Waals surface area contributed by atoms with Gasteiger partial charge in [-0.2, -0.15) is 0 Å². The highest BCUT2D eigenvalue weighted by atomic mass is 16.2. The molecule has 0 heterocycles. The molecule has 4 nitrogen and oxygen atoms in total. The number of carbonyl (C=O) groups is 1. The lowest BCUT2D eigenvalue weighted by atomic mass is 10.2. The van der Waals surface area contributed by atoms with Crippen molar-refractivity contribution in [2.45, 2.75) is 31.8 Å². The minimum absolute atomic E-state index is 0.0549. The Balaban J connectivity index is 1.87. The van der Waals surface area contributed by atoms with Gasteiger partial charge in [-0.3, -0.25) is 4.79 Å². The number of rotatable bonds is 4. The molecule has 1 amide bonds. The number of hydrogen-bond acceptors (Lipinski definition) is 3. The molecule has 1 fully saturated rings. The fourth-order valence-corrected chi connectivity index (χ4v) is 1.45. The summed E-state index contributed by atoms with van der Waals surface area (Å²) < 4.78 is 0. The highest BCUT2D eigenvalue weighted by Gasteiger charge is 2.25. The quantitative estimate of drug-likeness (QED) is 0.670. The van der Waals surface area contributed by atoms with Gasteiger partial charge in [0.25, 0.3) is 0 Å². The van der Waals surface area contributed by atoms with Crippen molar-refractivity contribution in [2.75, 3.05) is 11.1 Å². The molecule has 16 heavy (non-hydrogen) atoms. The molecule has 1 unspecified atom stereocenters. The fraction of sp³-hybridized carbons (Fsp3) is 0.417. The average molecular weight is 219 g/mol. The molecule has 0 aromatic heterocycles. The van der Waals surface area contributed by atoms with Crippen LogP contribution in [0, 0.1) is 0 Å². The summed E-state index contributed by atoms with van der Waals surface area (Å²) in [5.41, 5.74) is 7.22. The second kappa shape index (κ2) is 4.43. The molecule has 86 valence electrons. The first-order chi connectivity index (χ1) is 7.65. The smallest absolute Gasteiger partial charge is 0.242 e. The maximum Gasteiger partial charge on any atom is 0.242 e. The Morgan fingerprint density at radius 3 is 2.56 bits per heavy atom. The molecule has 0 saturated heterocycles. The summed E-state index contributed by atoms with van der Waals surface area (Å²) in [7, 11) is 0. The lowest BCUT2D eigenvalue weighted by Gasteiger charge is -2.15. The molecule has 1 aliphatic rings. The van der Waals surface area contributed by atoms with Crippen molar-refractivity contribution in [1.82, 2.24) is 5.32 Å². The third-order valence-corrected chi connectivity index (χ3v) is 2.61. The summed E-state index contributed by atoms with van der Waals surface area (Å²) in [5.74, 6) is 0.0549. The van der Waals surface area contributed by atoms with E-state index in [4.69, 9.17) is 5.73 Å². The largest absolute Gasteiger partial charge is 0.399 e. The molecule has 4 heteroatoms. The highest BCUT2D eigenvalue weighted by Crippen LogP contribution is 2.19. The molecular weight excluding hydrogens is 202 g/mol. The van der Waals surface area contributed by atoms with Gasteiger partial charge in [0.2, 0.25) is 5.91 Å². The van der Waals surface area contributed by atoms with Crippen molar-refractivity contribution < 1.29 is 4.79 Å². The molecule has 0 aliphatic heterocycles. The Labute approximate surface area is 95.2 Å². The normalized spacial score (nSPS) is 16.6. The molecule has 0 spiro atoms. The molecule has 4 N–H and O–H groups in total. The molecule has 0 bridgehead atoms. The van der Waals surface area contributed by atoms with Crippen molar-refractivity contribution >= 4 is 17.3 Å². The Morgan fingerprint density at radius 2 is 2.00 bits per heavy atom. The van der Waals surface area contributed by atoms with Crippen molar-refractivity contribution in [3.8, 4) is 0 Å². The minimum atomic E-state index is -0.218. The Kier molecular flexibility index (Phi) is 2.99. The van der Waals surface area contributed by atoms with E-state index in [1.165, 1.54) is 0 Å². The van der Waals surface area contributed by atoms with Crippen LogP contribution in [0.15, 0.2) is 24.3 Å². The van der Waals surface area contributed by atoms with Crippen LogP contribution in [0.1, 0.15) is 19.8 Å². The van der Waals surface area contributed by atoms with E-state index < -0.39 is 0 Å². The summed E-state index contributed by atoms with van der Waals surface area (Å²) in [4.78, 5) is 11.7. The number of amides is 1. The van der Waals surface area contributed by atoms with E-state index in [2.05, 4.69) is 10.6 Å². The Hall–Kier alpha value is -1.71. The first-order valence-electron chi connectivity index (χ1n) is 5.57. The van der Waals surface area contributed by atoms with Gasteiger partial charge in [-0.25, -0.2) is 0 Å². The molecule has 1 aliphatic carbocycles. The molecular formula is C12H17N3O. The van der Waals surface area contributed by atoms with Gasteiger partial charge in [0.1, 0.15) is 6.04 Å². The van der Waals surface area contributed by atoms with Gasteiger partial charge in [-0.1, -0.05) is 0 Å². The second-order valence-corrected chi connectivity index (χ2v) is 4.27. The van der Waals surface area contributed by atoms with Gasteiger partial charge in [0.05, 0.1) is 0 Å². The van der Waals surface area contributed by atoms with Gasteiger partial charge in [0.15, 0.2) is 0 Å². The Morgan fingerprint density at radius 1 is 1.38 bits per heavy atom. The lowest BCUT2D eigenvalue weighted by Crippen LogP contribution is -2.38. The van der Waals surface area contributed by atoms with Crippen LogP contribution in [0.25, 0.3) is 0 Å². The lowest BCUT2D eigenvalue weighted by molar-refractivity contribution is -0.121. The van der Waals surface area contributed by atoms with Crippen molar-refractivity contribution in [3.63, 3.8) is 0 Å². The zero-order valence-electron chi connectivity index (χ0n) is 9.36. The Bertz CT molecular complexity index is 370. The number of nitrogen functional groups attached to an aromatic ring is 1. The van der Waals surface area contributed by atoms with E-state index in [-0.39, 0.29) is 11.9 Å². The van der Waals surface area contributed by atoms with Gasteiger partial charge in [0, 0.05) is 17.4 Å². The first-order valence-corrected chi connectivity index (χ1v) is 5.57. The standard InChI is InChI=1S/C12H17N3O/c1-8(12(16)15-11-6-7-11)14-10-4-2-9(13)3-5-10/h2-5,8,11,14H,6-7,13H2,1H3,(H,15,16). The van der Waals surface area contributed by atoms with Crippen LogP contribution in [0.2, 0.25) is 0 Å². The monoisotopic (exact) mass is 219 g/mol. The minimum Gasteiger partial charge on any atom is -0.399 e. The number of nitrogens with two attached hydrogens (primary N) is 1. The van der Waals surface area contributed by atoms with E-state index in [1.807, 2.05) is 31.2 Å². The summed E-state index contributed by atoms with van der Waals surface area (Å²) in [5, 5.41) is 6.09. The van der Waals surface area contributed by atoms with Gasteiger partial charge in [-0.15, -0.1) is 0 Å². The van der Waals surface area contributed by atoms with E-state index in [0.29, 0.717) is 6.04 Å². The van der Waals surface area contributed by atoms with E-state index in [9.17, 15) is 4.79 Å². The third-order valence-electron chi connectivity index (χ3n) is 2.61. The summed E-state index contributed by atoms with van der Waals surface area (Å²) >= 11 is 0. The third kappa shape index (κ3) is 2.89. The van der Waals surface area contributed by atoms with Crippen LogP contribution >= 0.6 is 0 Å². The topological polar surface area (TPSA) is 67.1 Å².